The average molecular weight is 365 g/mol. The fraction of sp³-hybridized carbons (Fsp3) is 0. The Labute approximate surface area is 123 Å². The van der Waals surface area contributed by atoms with E-state index in [9.17, 15) is 12.8 Å². The molecule has 3 nitrogen and oxygen atoms in total. The van der Waals surface area contributed by atoms with Gasteiger partial charge in [-0.25, -0.2) is 12.8 Å². The molecule has 0 heterocycles. The lowest BCUT2D eigenvalue weighted by atomic mass is 10.3. The van der Waals surface area contributed by atoms with Gasteiger partial charge in [0.05, 0.1) is 5.69 Å². The summed E-state index contributed by atoms with van der Waals surface area (Å²) in [7, 11) is -3.86. The van der Waals surface area contributed by atoms with Crippen molar-refractivity contribution in [3.63, 3.8) is 0 Å². The van der Waals surface area contributed by atoms with Crippen LogP contribution in [0.4, 0.5) is 10.1 Å². The Bertz CT molecular complexity index is 721. The van der Waals surface area contributed by atoms with E-state index in [1.54, 1.807) is 18.2 Å². The van der Waals surface area contributed by atoms with E-state index < -0.39 is 15.8 Å². The minimum atomic E-state index is -3.86. The van der Waals surface area contributed by atoms with Crippen LogP contribution >= 0.6 is 27.5 Å². The van der Waals surface area contributed by atoms with Gasteiger partial charge in [0.1, 0.15) is 10.7 Å². The van der Waals surface area contributed by atoms with Crippen molar-refractivity contribution in [2.75, 3.05) is 4.72 Å². The molecule has 0 spiro atoms. The van der Waals surface area contributed by atoms with Crippen LogP contribution in [-0.4, -0.2) is 8.42 Å². The third-order valence-electron chi connectivity index (χ3n) is 2.30. The Morgan fingerprint density at radius 2 is 1.84 bits per heavy atom. The van der Waals surface area contributed by atoms with Crippen molar-refractivity contribution < 1.29 is 12.8 Å². The van der Waals surface area contributed by atoms with E-state index in [0.717, 1.165) is 6.07 Å². The largest absolute Gasteiger partial charge is 0.277 e. The van der Waals surface area contributed by atoms with Crippen molar-refractivity contribution in [2.24, 2.45) is 0 Å². The van der Waals surface area contributed by atoms with E-state index in [4.69, 9.17) is 11.6 Å². The van der Waals surface area contributed by atoms with Gasteiger partial charge in [-0.05, 0) is 46.3 Å². The van der Waals surface area contributed by atoms with Crippen LogP contribution in [0.25, 0.3) is 0 Å². The number of halogens is 3. The third-order valence-corrected chi connectivity index (χ3v) is 4.91. The summed E-state index contributed by atoms with van der Waals surface area (Å²) < 4.78 is 40.4. The SMILES string of the molecule is O=S(=O)(Nc1ccc(Cl)cc1F)c1ccccc1Br. The fourth-order valence-corrected chi connectivity index (χ4v) is 3.67. The molecule has 2 aromatic rings. The number of hydrogen-bond donors (Lipinski definition) is 1. The molecule has 1 N–H and O–H groups in total. The lowest BCUT2D eigenvalue weighted by molar-refractivity contribution is 0.598. The highest BCUT2D eigenvalue weighted by molar-refractivity contribution is 9.10. The highest BCUT2D eigenvalue weighted by Crippen LogP contribution is 2.26. The predicted octanol–water partition coefficient (Wildman–Crippen LogP) is 4.04. The molecule has 0 aliphatic carbocycles. The summed E-state index contributed by atoms with van der Waals surface area (Å²) >= 11 is 8.75. The number of benzene rings is 2. The molecular formula is C12H8BrClFNO2S. The Morgan fingerprint density at radius 1 is 1.16 bits per heavy atom. The van der Waals surface area contributed by atoms with Crippen LogP contribution in [0.3, 0.4) is 0 Å². The van der Waals surface area contributed by atoms with E-state index in [2.05, 4.69) is 20.7 Å². The van der Waals surface area contributed by atoms with Crippen molar-refractivity contribution in [1.29, 1.82) is 0 Å². The van der Waals surface area contributed by atoms with Gasteiger partial charge in [-0.3, -0.25) is 4.72 Å². The molecule has 0 radical (unpaired) electrons. The Kier molecular flexibility index (Phi) is 4.13. The molecule has 0 fully saturated rings. The van der Waals surface area contributed by atoms with Crippen LogP contribution in [0, 0.1) is 5.82 Å². The molecule has 0 aliphatic rings. The van der Waals surface area contributed by atoms with E-state index in [1.807, 2.05) is 0 Å². The van der Waals surface area contributed by atoms with Crippen LogP contribution in [0.15, 0.2) is 51.8 Å². The molecule has 0 aromatic heterocycles. The van der Waals surface area contributed by atoms with Gasteiger partial charge in [0.2, 0.25) is 0 Å². The van der Waals surface area contributed by atoms with Gasteiger partial charge in [-0.15, -0.1) is 0 Å². The van der Waals surface area contributed by atoms with Gasteiger partial charge in [0.25, 0.3) is 10.0 Å². The molecule has 0 amide bonds. The zero-order valence-corrected chi connectivity index (χ0v) is 12.6. The second kappa shape index (κ2) is 5.48. The van der Waals surface area contributed by atoms with Crippen molar-refractivity contribution in [3.8, 4) is 0 Å². The van der Waals surface area contributed by atoms with Gasteiger partial charge in [0, 0.05) is 9.50 Å². The van der Waals surface area contributed by atoms with Crippen molar-refractivity contribution in [2.45, 2.75) is 4.90 Å². The number of sulfonamides is 1. The molecule has 0 saturated heterocycles. The Balaban J connectivity index is 2.40. The maximum Gasteiger partial charge on any atom is 0.263 e. The highest BCUT2D eigenvalue weighted by Gasteiger charge is 2.18. The standard InChI is InChI=1S/C12H8BrClFNO2S/c13-9-3-1-2-4-12(9)19(17,18)16-11-6-5-8(14)7-10(11)15/h1-7,16H. The molecule has 100 valence electrons. The maximum atomic E-state index is 13.6. The molecule has 19 heavy (non-hydrogen) atoms. The molecule has 2 aromatic carbocycles. The van der Waals surface area contributed by atoms with Gasteiger partial charge in [-0.1, -0.05) is 23.7 Å². The van der Waals surface area contributed by atoms with Crippen LogP contribution in [0.5, 0.6) is 0 Å². The lowest BCUT2D eigenvalue weighted by Crippen LogP contribution is -2.14. The minimum Gasteiger partial charge on any atom is -0.277 e. The van der Waals surface area contributed by atoms with Crippen LogP contribution in [0.1, 0.15) is 0 Å². The molecule has 7 heteroatoms. The zero-order chi connectivity index (χ0) is 14.0. The number of anilines is 1. The first-order valence-corrected chi connectivity index (χ1v) is 7.78. The molecular weight excluding hydrogens is 357 g/mol. The molecule has 0 aliphatic heterocycles. The second-order valence-corrected chi connectivity index (χ2v) is 6.60. The summed E-state index contributed by atoms with van der Waals surface area (Å²) in [4.78, 5) is 0.0318. The fourth-order valence-electron chi connectivity index (χ4n) is 1.43. The first kappa shape index (κ1) is 14.3. The maximum absolute atomic E-state index is 13.6. The monoisotopic (exact) mass is 363 g/mol. The number of nitrogens with one attached hydrogen (secondary N) is 1. The lowest BCUT2D eigenvalue weighted by Gasteiger charge is -2.10. The van der Waals surface area contributed by atoms with Crippen LogP contribution < -0.4 is 4.72 Å². The van der Waals surface area contributed by atoms with E-state index in [0.29, 0.717) is 4.47 Å². The summed E-state index contributed by atoms with van der Waals surface area (Å²) in [6, 6.07) is 9.99. The van der Waals surface area contributed by atoms with Crippen LogP contribution in [-0.2, 0) is 10.0 Å². The molecule has 0 atom stereocenters. The van der Waals surface area contributed by atoms with Crippen LogP contribution in [0.2, 0.25) is 5.02 Å². The van der Waals surface area contributed by atoms with Crippen molar-refractivity contribution in [3.05, 3.63) is 57.8 Å². The molecule has 0 bridgehead atoms. The van der Waals surface area contributed by atoms with E-state index in [-0.39, 0.29) is 15.6 Å². The molecule has 0 saturated carbocycles. The summed E-state index contributed by atoms with van der Waals surface area (Å²) in [5.41, 5.74) is -0.153. The van der Waals surface area contributed by atoms with Crippen molar-refractivity contribution >= 4 is 43.2 Å². The van der Waals surface area contributed by atoms with Gasteiger partial charge < -0.3 is 0 Å². The zero-order valence-electron chi connectivity index (χ0n) is 9.40. The van der Waals surface area contributed by atoms with Gasteiger partial charge in [0.15, 0.2) is 0 Å². The number of rotatable bonds is 3. The van der Waals surface area contributed by atoms with Gasteiger partial charge in [-0.2, -0.15) is 0 Å². The van der Waals surface area contributed by atoms with Gasteiger partial charge >= 0.3 is 0 Å². The Morgan fingerprint density at radius 3 is 2.47 bits per heavy atom. The first-order chi connectivity index (χ1) is 8.90. The second-order valence-electron chi connectivity index (χ2n) is 3.66. The van der Waals surface area contributed by atoms with Crippen molar-refractivity contribution in [1.82, 2.24) is 0 Å². The van der Waals surface area contributed by atoms with E-state index in [1.165, 1.54) is 18.2 Å². The topological polar surface area (TPSA) is 46.2 Å². The number of hydrogen-bond acceptors (Lipinski definition) is 2. The molecule has 2 rings (SSSR count). The average Bonchev–Trinajstić information content (AvgIpc) is 2.33. The summed E-state index contributed by atoms with van der Waals surface area (Å²) in [5.74, 6) is -0.733. The molecule has 0 unspecified atom stereocenters. The summed E-state index contributed by atoms with van der Waals surface area (Å²) in [5, 5.41) is 0.196. The first-order valence-electron chi connectivity index (χ1n) is 5.12. The van der Waals surface area contributed by atoms with E-state index >= 15 is 0 Å². The summed E-state index contributed by atoms with van der Waals surface area (Å²) in [6.45, 7) is 0. The summed E-state index contributed by atoms with van der Waals surface area (Å²) in [6.07, 6.45) is 0. The smallest absolute Gasteiger partial charge is 0.263 e. The minimum absolute atomic E-state index is 0.0318. The normalized spacial score (nSPS) is 11.3. The quantitative estimate of drug-likeness (QED) is 0.893. The highest BCUT2D eigenvalue weighted by atomic mass is 79.9. The third kappa shape index (κ3) is 3.26. The predicted molar refractivity (Wildman–Crippen MR) is 76.4 cm³/mol. The Hall–Kier alpha value is -1.11.